The molecule has 0 radical (unpaired) electrons. The molecule has 0 saturated heterocycles. The predicted molar refractivity (Wildman–Crippen MR) is 123 cm³/mol. The summed E-state index contributed by atoms with van der Waals surface area (Å²) < 4.78 is 8.14. The van der Waals surface area contributed by atoms with E-state index < -0.39 is 5.60 Å². The SMILES string of the molecule is CC(C)(C)OC(=O)N[C@H]1CC[C@H](Nc2nccn3c(-c4cccc(Br)n4)cnc23)CC1. The minimum absolute atomic E-state index is 0.136. The normalized spacial score (nSPS) is 19.2. The van der Waals surface area contributed by atoms with Gasteiger partial charge in [-0.3, -0.25) is 4.40 Å². The van der Waals surface area contributed by atoms with E-state index in [0.29, 0.717) is 0 Å². The Bertz CT molecular complexity index is 1070. The maximum atomic E-state index is 12.0. The molecule has 1 aliphatic rings. The molecule has 1 fully saturated rings. The van der Waals surface area contributed by atoms with Gasteiger partial charge in [0.15, 0.2) is 11.5 Å². The first-order valence-corrected chi connectivity index (χ1v) is 11.3. The van der Waals surface area contributed by atoms with Gasteiger partial charge in [0.05, 0.1) is 17.6 Å². The number of nitrogens with zero attached hydrogens (tertiary/aromatic N) is 4. The van der Waals surface area contributed by atoms with Crippen LogP contribution in [0.5, 0.6) is 0 Å². The van der Waals surface area contributed by atoms with Crippen molar-refractivity contribution in [3.63, 3.8) is 0 Å². The molecular weight excluding hydrogens is 460 g/mol. The molecule has 0 aliphatic heterocycles. The Morgan fingerprint density at radius 1 is 1.16 bits per heavy atom. The highest BCUT2D eigenvalue weighted by Crippen LogP contribution is 2.26. The number of rotatable bonds is 4. The van der Waals surface area contributed by atoms with E-state index >= 15 is 0 Å². The molecule has 0 atom stereocenters. The lowest BCUT2D eigenvalue weighted by Gasteiger charge is -2.30. The first kappa shape index (κ1) is 21.5. The van der Waals surface area contributed by atoms with Gasteiger partial charge < -0.3 is 15.4 Å². The van der Waals surface area contributed by atoms with Crippen LogP contribution in [-0.2, 0) is 4.74 Å². The van der Waals surface area contributed by atoms with E-state index in [9.17, 15) is 4.79 Å². The lowest BCUT2D eigenvalue weighted by Crippen LogP contribution is -2.42. The average Bonchev–Trinajstić information content (AvgIpc) is 3.13. The van der Waals surface area contributed by atoms with Gasteiger partial charge in [-0.2, -0.15) is 0 Å². The minimum Gasteiger partial charge on any atom is -0.444 e. The molecule has 31 heavy (non-hydrogen) atoms. The van der Waals surface area contributed by atoms with E-state index in [0.717, 1.165) is 53.1 Å². The van der Waals surface area contributed by atoms with E-state index in [2.05, 4.69) is 41.5 Å². The average molecular weight is 487 g/mol. The highest BCUT2D eigenvalue weighted by Gasteiger charge is 2.25. The zero-order valence-corrected chi connectivity index (χ0v) is 19.5. The van der Waals surface area contributed by atoms with Gasteiger partial charge in [-0.05, 0) is 74.5 Å². The van der Waals surface area contributed by atoms with E-state index in [1.165, 1.54) is 0 Å². The number of halogens is 1. The number of amides is 1. The summed E-state index contributed by atoms with van der Waals surface area (Å²) in [5.41, 5.74) is 2.04. The van der Waals surface area contributed by atoms with E-state index in [4.69, 9.17) is 4.74 Å². The van der Waals surface area contributed by atoms with Crippen molar-refractivity contribution in [2.24, 2.45) is 0 Å². The Kier molecular flexibility index (Phi) is 6.13. The van der Waals surface area contributed by atoms with Gasteiger partial charge in [0.1, 0.15) is 10.2 Å². The Morgan fingerprint density at radius 3 is 2.61 bits per heavy atom. The van der Waals surface area contributed by atoms with Crippen molar-refractivity contribution in [1.29, 1.82) is 0 Å². The van der Waals surface area contributed by atoms with E-state index in [1.807, 2.05) is 55.8 Å². The second-order valence-electron chi connectivity index (χ2n) is 8.80. The molecule has 1 aliphatic carbocycles. The summed E-state index contributed by atoms with van der Waals surface area (Å²) in [7, 11) is 0. The maximum absolute atomic E-state index is 12.0. The van der Waals surface area contributed by atoms with Crippen molar-refractivity contribution < 1.29 is 9.53 Å². The molecule has 3 aromatic heterocycles. The van der Waals surface area contributed by atoms with E-state index in [1.54, 1.807) is 6.20 Å². The fourth-order valence-electron chi connectivity index (χ4n) is 3.81. The Balaban J connectivity index is 1.41. The number of carbonyl (C=O) groups excluding carboxylic acids is 1. The van der Waals surface area contributed by atoms with Crippen LogP contribution in [-0.4, -0.2) is 43.1 Å². The molecular formula is C22H27BrN6O2. The summed E-state index contributed by atoms with van der Waals surface area (Å²) in [6, 6.07) is 6.23. The number of fused-ring (bicyclic) bond motifs is 1. The fraction of sp³-hybridized carbons (Fsp3) is 0.455. The number of ether oxygens (including phenoxy) is 1. The van der Waals surface area contributed by atoms with Crippen molar-refractivity contribution in [2.75, 3.05) is 5.32 Å². The van der Waals surface area contributed by atoms with Gasteiger partial charge >= 0.3 is 6.09 Å². The van der Waals surface area contributed by atoms with Crippen LogP contribution < -0.4 is 10.6 Å². The smallest absolute Gasteiger partial charge is 0.407 e. The number of hydrogen-bond donors (Lipinski definition) is 2. The second kappa shape index (κ2) is 8.82. The lowest BCUT2D eigenvalue weighted by atomic mass is 9.91. The standard InChI is InChI=1S/C22H27BrN6O2/c1-22(2,3)31-21(30)27-15-9-7-14(8-10-15)26-19-20-25-13-17(29(20)12-11-24-19)16-5-4-6-18(23)28-16/h4-6,11-15H,7-10H2,1-3H3,(H,24,26)(H,27,30)/t14-,15-. The molecule has 9 heteroatoms. The van der Waals surface area contributed by atoms with Crippen LogP contribution >= 0.6 is 15.9 Å². The molecule has 1 amide bonds. The molecule has 8 nitrogen and oxygen atoms in total. The summed E-state index contributed by atoms with van der Waals surface area (Å²) in [6.07, 6.45) is 8.79. The minimum atomic E-state index is -0.485. The number of aromatic nitrogens is 4. The van der Waals surface area contributed by atoms with Crippen LogP contribution in [0.3, 0.4) is 0 Å². The Labute approximate surface area is 190 Å². The van der Waals surface area contributed by atoms with Crippen LogP contribution in [0.25, 0.3) is 17.0 Å². The number of imidazole rings is 1. The van der Waals surface area contributed by atoms with Gasteiger partial charge in [0.25, 0.3) is 0 Å². The fourth-order valence-corrected chi connectivity index (χ4v) is 4.15. The molecule has 0 bridgehead atoms. The quantitative estimate of drug-likeness (QED) is 0.514. The molecule has 164 valence electrons. The van der Waals surface area contributed by atoms with Crippen molar-refractivity contribution in [3.8, 4) is 11.4 Å². The molecule has 2 N–H and O–H groups in total. The summed E-state index contributed by atoms with van der Waals surface area (Å²) in [5, 5.41) is 6.53. The van der Waals surface area contributed by atoms with Crippen molar-refractivity contribution in [2.45, 2.75) is 64.1 Å². The van der Waals surface area contributed by atoms with Crippen LogP contribution in [0.1, 0.15) is 46.5 Å². The van der Waals surface area contributed by atoms with E-state index in [-0.39, 0.29) is 18.2 Å². The Morgan fingerprint density at radius 2 is 1.90 bits per heavy atom. The third-order valence-electron chi connectivity index (χ3n) is 5.19. The zero-order chi connectivity index (χ0) is 22.0. The molecule has 0 aromatic carbocycles. The maximum Gasteiger partial charge on any atom is 0.407 e. The zero-order valence-electron chi connectivity index (χ0n) is 17.9. The number of hydrogen-bond acceptors (Lipinski definition) is 6. The third-order valence-corrected chi connectivity index (χ3v) is 5.64. The van der Waals surface area contributed by atoms with Crippen LogP contribution in [0, 0.1) is 0 Å². The van der Waals surface area contributed by atoms with Gasteiger partial charge in [-0.1, -0.05) is 6.07 Å². The third kappa shape index (κ3) is 5.33. The molecule has 4 rings (SSSR count). The summed E-state index contributed by atoms with van der Waals surface area (Å²) in [6.45, 7) is 5.61. The summed E-state index contributed by atoms with van der Waals surface area (Å²) in [4.78, 5) is 25.7. The first-order valence-electron chi connectivity index (χ1n) is 10.5. The second-order valence-corrected chi connectivity index (χ2v) is 9.61. The molecule has 0 spiro atoms. The Hall–Kier alpha value is -2.68. The van der Waals surface area contributed by atoms with Gasteiger partial charge in [-0.25, -0.2) is 19.7 Å². The molecule has 0 unspecified atom stereocenters. The van der Waals surface area contributed by atoms with Gasteiger partial charge in [0.2, 0.25) is 0 Å². The number of alkyl carbamates (subject to hydrolysis) is 1. The number of nitrogens with one attached hydrogen (secondary N) is 2. The molecule has 3 aromatic rings. The number of anilines is 1. The summed E-state index contributed by atoms with van der Waals surface area (Å²) in [5.74, 6) is 0.757. The van der Waals surface area contributed by atoms with Crippen LogP contribution in [0.4, 0.5) is 10.6 Å². The first-order chi connectivity index (χ1) is 14.8. The van der Waals surface area contributed by atoms with Gasteiger partial charge in [0, 0.05) is 24.5 Å². The number of carbonyl (C=O) groups is 1. The number of pyridine rings is 1. The van der Waals surface area contributed by atoms with Crippen molar-refractivity contribution in [3.05, 3.63) is 41.4 Å². The largest absolute Gasteiger partial charge is 0.444 e. The summed E-state index contributed by atoms with van der Waals surface area (Å²) >= 11 is 3.43. The topological polar surface area (TPSA) is 93.4 Å². The van der Waals surface area contributed by atoms with Crippen molar-refractivity contribution in [1.82, 2.24) is 24.7 Å². The highest BCUT2D eigenvalue weighted by molar-refractivity contribution is 9.10. The molecule has 1 saturated carbocycles. The van der Waals surface area contributed by atoms with Gasteiger partial charge in [-0.15, -0.1) is 0 Å². The van der Waals surface area contributed by atoms with Crippen molar-refractivity contribution >= 4 is 33.5 Å². The lowest BCUT2D eigenvalue weighted by molar-refractivity contribution is 0.0492. The highest BCUT2D eigenvalue weighted by atomic mass is 79.9. The van der Waals surface area contributed by atoms with Crippen LogP contribution in [0.2, 0.25) is 0 Å². The molecule has 3 heterocycles. The monoisotopic (exact) mass is 486 g/mol. The van der Waals surface area contributed by atoms with Crippen LogP contribution in [0.15, 0.2) is 41.4 Å². The predicted octanol–water partition coefficient (Wildman–Crippen LogP) is 4.80.